The van der Waals surface area contributed by atoms with Crippen molar-refractivity contribution >= 4 is 23.4 Å². The molecule has 2 nitrogen and oxygen atoms in total. The molecule has 0 N–H and O–H groups in total. The van der Waals surface area contributed by atoms with Gasteiger partial charge in [-0.3, -0.25) is 0 Å². The molecule has 0 amide bonds. The highest BCUT2D eigenvalue weighted by Gasteiger charge is 2.16. The monoisotopic (exact) mass is 270 g/mol. The maximum atomic E-state index is 6.13. The number of halogens is 1. The van der Waals surface area contributed by atoms with Gasteiger partial charge in [0, 0.05) is 16.5 Å². The summed E-state index contributed by atoms with van der Waals surface area (Å²) in [6.07, 6.45) is 6.39. The molecule has 1 aromatic heterocycles. The minimum absolute atomic E-state index is 0.624. The molecule has 0 spiro atoms. The van der Waals surface area contributed by atoms with Crippen LogP contribution in [0.3, 0.4) is 0 Å². The summed E-state index contributed by atoms with van der Waals surface area (Å²) in [6.45, 7) is 4.11. The van der Waals surface area contributed by atoms with E-state index in [9.17, 15) is 0 Å². The summed E-state index contributed by atoms with van der Waals surface area (Å²) in [5.74, 6) is 1.80. The molecule has 2 rings (SSSR count). The van der Waals surface area contributed by atoms with Gasteiger partial charge in [-0.25, -0.2) is 9.97 Å². The second-order valence-electron chi connectivity index (χ2n) is 4.57. The van der Waals surface area contributed by atoms with Crippen molar-refractivity contribution in [3.63, 3.8) is 0 Å². The second-order valence-corrected chi connectivity index (χ2v) is 6.22. The number of aromatic nitrogens is 2. The average molecular weight is 271 g/mol. The molecule has 1 saturated carbocycles. The standard InChI is InChI=1S/C13H19ClN2S/c1-3-11-9(2)13(14)16-12(15-11)8-17-10-6-4-5-7-10/h10H,3-8H2,1-2H3. The maximum Gasteiger partial charge on any atom is 0.140 e. The fraction of sp³-hybridized carbons (Fsp3) is 0.692. The minimum atomic E-state index is 0.624. The van der Waals surface area contributed by atoms with E-state index in [-0.39, 0.29) is 0 Å². The van der Waals surface area contributed by atoms with Crippen LogP contribution < -0.4 is 0 Å². The van der Waals surface area contributed by atoms with Gasteiger partial charge in [0.05, 0.1) is 5.75 Å². The fourth-order valence-corrected chi connectivity index (χ4v) is 3.62. The third-order valence-electron chi connectivity index (χ3n) is 3.32. The fourth-order valence-electron chi connectivity index (χ4n) is 2.24. The number of rotatable bonds is 4. The minimum Gasteiger partial charge on any atom is -0.237 e. The normalized spacial score (nSPS) is 16.6. The van der Waals surface area contributed by atoms with Crippen molar-refractivity contribution in [2.45, 2.75) is 57.0 Å². The smallest absolute Gasteiger partial charge is 0.140 e. The molecule has 0 saturated heterocycles. The lowest BCUT2D eigenvalue weighted by Crippen LogP contribution is -2.03. The predicted octanol–water partition coefficient (Wildman–Crippen LogP) is 4.18. The van der Waals surface area contributed by atoms with Gasteiger partial charge in [-0.15, -0.1) is 0 Å². The van der Waals surface area contributed by atoms with E-state index in [4.69, 9.17) is 11.6 Å². The van der Waals surface area contributed by atoms with Gasteiger partial charge in [0.15, 0.2) is 0 Å². The van der Waals surface area contributed by atoms with E-state index >= 15 is 0 Å². The molecule has 0 bridgehead atoms. The molecular weight excluding hydrogens is 252 g/mol. The Bertz CT molecular complexity index is 389. The highest BCUT2D eigenvalue weighted by Crippen LogP contribution is 2.31. The predicted molar refractivity (Wildman–Crippen MR) is 74.7 cm³/mol. The third kappa shape index (κ3) is 3.35. The Morgan fingerprint density at radius 2 is 2.00 bits per heavy atom. The molecule has 0 radical (unpaired) electrons. The van der Waals surface area contributed by atoms with Crippen LogP contribution in [0, 0.1) is 6.92 Å². The van der Waals surface area contributed by atoms with Crippen LogP contribution in [0.4, 0.5) is 0 Å². The first-order chi connectivity index (χ1) is 8.20. The molecule has 0 atom stereocenters. The lowest BCUT2D eigenvalue weighted by molar-refractivity contribution is 0.886. The van der Waals surface area contributed by atoms with E-state index in [1.807, 2.05) is 18.7 Å². The molecule has 4 heteroatoms. The van der Waals surface area contributed by atoms with Crippen molar-refractivity contribution in [2.75, 3.05) is 0 Å². The van der Waals surface area contributed by atoms with Gasteiger partial charge in [0.25, 0.3) is 0 Å². The number of hydrogen-bond acceptors (Lipinski definition) is 3. The highest BCUT2D eigenvalue weighted by atomic mass is 35.5. The van der Waals surface area contributed by atoms with E-state index < -0.39 is 0 Å². The van der Waals surface area contributed by atoms with E-state index in [1.165, 1.54) is 25.7 Å². The van der Waals surface area contributed by atoms with E-state index in [1.54, 1.807) is 0 Å². The molecule has 1 fully saturated rings. The zero-order valence-corrected chi connectivity index (χ0v) is 12.1. The summed E-state index contributed by atoms with van der Waals surface area (Å²) in [7, 11) is 0. The van der Waals surface area contributed by atoms with Gasteiger partial charge in [-0.2, -0.15) is 11.8 Å². The lowest BCUT2D eigenvalue weighted by Gasteiger charge is -2.10. The molecule has 1 heterocycles. The first-order valence-electron chi connectivity index (χ1n) is 6.34. The zero-order chi connectivity index (χ0) is 12.3. The molecule has 1 aliphatic carbocycles. The summed E-state index contributed by atoms with van der Waals surface area (Å²) in [4.78, 5) is 8.97. The van der Waals surface area contributed by atoms with Crippen molar-refractivity contribution in [1.29, 1.82) is 0 Å². The van der Waals surface area contributed by atoms with Gasteiger partial charge in [-0.1, -0.05) is 31.4 Å². The molecule has 94 valence electrons. The average Bonchev–Trinajstić information content (AvgIpc) is 2.83. The molecule has 0 unspecified atom stereocenters. The number of aryl methyl sites for hydroxylation is 1. The first kappa shape index (κ1) is 13.2. The SMILES string of the molecule is CCc1nc(CSC2CCCC2)nc(Cl)c1C. The quantitative estimate of drug-likeness (QED) is 0.768. The Hall–Kier alpha value is -0.280. The van der Waals surface area contributed by atoms with Crippen molar-refractivity contribution < 1.29 is 0 Å². The largest absolute Gasteiger partial charge is 0.237 e. The van der Waals surface area contributed by atoms with Gasteiger partial charge >= 0.3 is 0 Å². The zero-order valence-electron chi connectivity index (χ0n) is 10.5. The Labute approximate surface area is 113 Å². The first-order valence-corrected chi connectivity index (χ1v) is 7.77. The van der Waals surface area contributed by atoms with Crippen LogP contribution in [0.15, 0.2) is 0 Å². The van der Waals surface area contributed by atoms with Crippen molar-refractivity contribution in [3.8, 4) is 0 Å². The summed E-state index contributed by atoms with van der Waals surface area (Å²) in [5.41, 5.74) is 2.12. The molecule has 1 aromatic rings. The van der Waals surface area contributed by atoms with Crippen molar-refractivity contribution in [2.24, 2.45) is 0 Å². The van der Waals surface area contributed by atoms with Gasteiger partial charge in [-0.05, 0) is 26.2 Å². The molecule has 0 aromatic carbocycles. The summed E-state index contributed by atoms with van der Waals surface area (Å²) in [6, 6.07) is 0. The summed E-state index contributed by atoms with van der Waals surface area (Å²) in [5, 5.41) is 1.43. The molecule has 17 heavy (non-hydrogen) atoms. The van der Waals surface area contributed by atoms with Gasteiger partial charge in [0.1, 0.15) is 11.0 Å². The number of thioether (sulfide) groups is 1. The van der Waals surface area contributed by atoms with Crippen LogP contribution in [-0.4, -0.2) is 15.2 Å². The van der Waals surface area contributed by atoms with E-state index in [0.717, 1.165) is 34.5 Å². The summed E-state index contributed by atoms with van der Waals surface area (Å²) >= 11 is 8.12. The third-order valence-corrected chi connectivity index (χ3v) is 5.05. The van der Waals surface area contributed by atoms with Crippen LogP contribution >= 0.6 is 23.4 Å². The van der Waals surface area contributed by atoms with Crippen molar-refractivity contribution in [3.05, 3.63) is 22.2 Å². The van der Waals surface area contributed by atoms with Gasteiger partial charge < -0.3 is 0 Å². The Morgan fingerprint density at radius 1 is 1.29 bits per heavy atom. The Balaban J connectivity index is 2.02. The number of hydrogen-bond donors (Lipinski definition) is 0. The van der Waals surface area contributed by atoms with Crippen molar-refractivity contribution in [1.82, 2.24) is 9.97 Å². The van der Waals surface area contributed by atoms with E-state index in [2.05, 4.69) is 16.9 Å². The summed E-state index contributed by atoms with van der Waals surface area (Å²) < 4.78 is 0. The van der Waals surface area contributed by atoms with Crippen LogP contribution in [0.25, 0.3) is 0 Å². The topological polar surface area (TPSA) is 25.8 Å². The number of nitrogens with zero attached hydrogens (tertiary/aromatic N) is 2. The highest BCUT2D eigenvalue weighted by molar-refractivity contribution is 7.99. The Kier molecular flexibility index (Phi) is 4.69. The van der Waals surface area contributed by atoms with Crippen LogP contribution in [0.2, 0.25) is 5.15 Å². The lowest BCUT2D eigenvalue weighted by atomic mass is 10.2. The molecular formula is C13H19ClN2S. The van der Waals surface area contributed by atoms with E-state index in [0.29, 0.717) is 5.15 Å². The van der Waals surface area contributed by atoms with Crippen LogP contribution in [0.5, 0.6) is 0 Å². The maximum absolute atomic E-state index is 6.13. The van der Waals surface area contributed by atoms with Gasteiger partial charge in [0.2, 0.25) is 0 Å². The Morgan fingerprint density at radius 3 is 2.65 bits per heavy atom. The molecule has 0 aliphatic heterocycles. The van der Waals surface area contributed by atoms with Crippen LogP contribution in [0.1, 0.15) is 49.7 Å². The second kappa shape index (κ2) is 6.05. The van der Waals surface area contributed by atoms with Crippen LogP contribution in [-0.2, 0) is 12.2 Å². The molecule has 1 aliphatic rings.